The number of rotatable bonds is 9. The molecular formula is C30H33ClN8O5S. The van der Waals surface area contributed by atoms with Crippen LogP contribution in [0.15, 0.2) is 84.5 Å². The molecule has 0 bridgehead atoms. The molecule has 3 N–H and O–H groups in total. The normalized spacial score (nSPS) is 11.5. The van der Waals surface area contributed by atoms with Crippen molar-refractivity contribution in [3.8, 4) is 0 Å². The zero-order chi connectivity index (χ0) is 32.8. The number of aromatic nitrogens is 3. The van der Waals surface area contributed by atoms with Gasteiger partial charge >= 0.3 is 18.1 Å². The van der Waals surface area contributed by atoms with E-state index in [-0.39, 0.29) is 5.91 Å². The molecule has 0 spiro atoms. The molecule has 1 atom stereocenters. The number of benzene rings is 1. The van der Waals surface area contributed by atoms with E-state index in [4.69, 9.17) is 17.3 Å². The van der Waals surface area contributed by atoms with E-state index in [1.807, 2.05) is 12.1 Å². The lowest BCUT2D eigenvalue weighted by molar-refractivity contribution is -0.121. The Kier molecular flexibility index (Phi) is 10.4. The van der Waals surface area contributed by atoms with Crippen LogP contribution in [0.5, 0.6) is 0 Å². The molecule has 0 aliphatic carbocycles. The first-order valence-corrected chi connectivity index (χ1v) is 15.2. The maximum absolute atomic E-state index is 13.2. The summed E-state index contributed by atoms with van der Waals surface area (Å²) in [4.78, 5) is 68.1. The van der Waals surface area contributed by atoms with E-state index < -0.39 is 30.0 Å². The number of nitrogens with zero attached hydrogens (tertiary/aromatic N) is 6. The second-order valence-electron chi connectivity index (χ2n) is 10.0. The molecule has 3 aromatic heterocycles. The molecule has 1 unspecified atom stereocenters. The van der Waals surface area contributed by atoms with Gasteiger partial charge in [-0.2, -0.15) is 0 Å². The van der Waals surface area contributed by atoms with Gasteiger partial charge < -0.3 is 16.0 Å². The molecule has 236 valence electrons. The molecule has 15 heteroatoms. The molecule has 0 aliphatic heterocycles. The molecule has 0 fully saturated rings. The van der Waals surface area contributed by atoms with E-state index in [1.54, 1.807) is 56.2 Å². The molecule has 13 nitrogen and oxygen atoms in total. The van der Waals surface area contributed by atoms with E-state index in [2.05, 4.69) is 5.32 Å². The number of likely N-dealkylation sites (N-methyl/N-ethyl adjacent to an activating group) is 1. The number of amides is 5. The summed E-state index contributed by atoms with van der Waals surface area (Å²) in [5, 5.41) is 2.79. The van der Waals surface area contributed by atoms with Crippen molar-refractivity contribution in [1.29, 1.82) is 0 Å². The van der Waals surface area contributed by atoms with Gasteiger partial charge in [-0.25, -0.2) is 14.4 Å². The van der Waals surface area contributed by atoms with Crippen molar-refractivity contribution < 1.29 is 24.0 Å². The smallest absolute Gasteiger partial charge is 0.332 e. The van der Waals surface area contributed by atoms with Crippen LogP contribution in [-0.2, 0) is 4.79 Å². The minimum absolute atomic E-state index is 0.311. The number of hydrogen-bond acceptors (Lipinski definition) is 6. The Morgan fingerprint density at radius 3 is 1.84 bits per heavy atom. The van der Waals surface area contributed by atoms with Crippen LogP contribution in [-0.4, -0.2) is 87.3 Å². The third kappa shape index (κ3) is 7.59. The maximum Gasteiger partial charge on any atom is 0.332 e. The van der Waals surface area contributed by atoms with Crippen LogP contribution in [0, 0.1) is 0 Å². The van der Waals surface area contributed by atoms with E-state index in [0.29, 0.717) is 28.5 Å². The standard InChI is InChI=1S/C30H33ClN8O5S/c1-20(26(32)40)34(2)28(42)38-14-10-23(18-38)36(4)30(44)39-15-11-24(19-39)35(3)29(43)37-13-9-22(17-37)33-27(41)21-5-7-25(8-6-21)45-16-12-31/h5-11,13-15,17-20H,12,16H2,1-4H3,(H2,32,40)(H,33,41). The minimum atomic E-state index is -0.813. The molecule has 45 heavy (non-hydrogen) atoms. The second kappa shape index (κ2) is 14.2. The molecule has 4 rings (SSSR count). The third-order valence-corrected chi connectivity index (χ3v) is 8.50. The fraction of sp³-hybridized carbons (Fsp3) is 0.233. The summed E-state index contributed by atoms with van der Waals surface area (Å²) >= 11 is 7.33. The number of alkyl halides is 1. The first kappa shape index (κ1) is 33.0. The van der Waals surface area contributed by atoms with E-state index in [9.17, 15) is 24.0 Å². The Bertz CT molecular complexity index is 1710. The first-order valence-electron chi connectivity index (χ1n) is 13.7. The Hall–Kier alpha value is -4.95. The highest BCUT2D eigenvalue weighted by Gasteiger charge is 2.23. The summed E-state index contributed by atoms with van der Waals surface area (Å²) in [5.41, 5.74) is 7.09. The number of thioether (sulfide) groups is 1. The summed E-state index contributed by atoms with van der Waals surface area (Å²) in [6, 6.07) is 9.81. The van der Waals surface area contributed by atoms with Crippen molar-refractivity contribution in [2.24, 2.45) is 5.73 Å². The highest BCUT2D eigenvalue weighted by atomic mass is 35.5. The van der Waals surface area contributed by atoms with Gasteiger partial charge in [0.2, 0.25) is 5.91 Å². The molecule has 0 aliphatic rings. The lowest BCUT2D eigenvalue weighted by Gasteiger charge is -2.22. The van der Waals surface area contributed by atoms with Crippen molar-refractivity contribution in [2.45, 2.75) is 17.9 Å². The molecule has 4 aromatic rings. The predicted molar refractivity (Wildman–Crippen MR) is 175 cm³/mol. The van der Waals surface area contributed by atoms with Crippen LogP contribution in [0.2, 0.25) is 0 Å². The number of anilines is 3. The monoisotopic (exact) mass is 652 g/mol. The molecule has 1 aromatic carbocycles. The van der Waals surface area contributed by atoms with Crippen molar-refractivity contribution in [1.82, 2.24) is 18.6 Å². The van der Waals surface area contributed by atoms with Crippen molar-refractivity contribution >= 4 is 70.3 Å². The quantitative estimate of drug-likeness (QED) is 0.199. The van der Waals surface area contributed by atoms with Crippen molar-refractivity contribution in [3.05, 3.63) is 85.2 Å². The van der Waals surface area contributed by atoms with Gasteiger partial charge in [-0.15, -0.1) is 23.4 Å². The highest BCUT2D eigenvalue weighted by molar-refractivity contribution is 7.99. The van der Waals surface area contributed by atoms with E-state index >= 15 is 0 Å². The van der Waals surface area contributed by atoms with Gasteiger partial charge in [-0.3, -0.25) is 33.1 Å². The summed E-state index contributed by atoms with van der Waals surface area (Å²) in [7, 11) is 4.56. The summed E-state index contributed by atoms with van der Waals surface area (Å²) in [5.74, 6) is 0.364. The van der Waals surface area contributed by atoms with Gasteiger partial charge in [0.1, 0.15) is 6.04 Å². The Labute approximate surface area is 269 Å². The van der Waals surface area contributed by atoms with Crippen LogP contribution < -0.4 is 20.9 Å². The summed E-state index contributed by atoms with van der Waals surface area (Å²) in [6.45, 7) is 1.52. The van der Waals surface area contributed by atoms with Crippen LogP contribution >= 0.6 is 23.4 Å². The first-order chi connectivity index (χ1) is 21.4. The van der Waals surface area contributed by atoms with Gasteiger partial charge in [0, 0.05) is 80.4 Å². The van der Waals surface area contributed by atoms with Crippen LogP contribution in [0.1, 0.15) is 17.3 Å². The van der Waals surface area contributed by atoms with Crippen LogP contribution in [0.25, 0.3) is 0 Å². The predicted octanol–water partition coefficient (Wildman–Crippen LogP) is 4.66. The van der Waals surface area contributed by atoms with E-state index in [0.717, 1.165) is 10.6 Å². The van der Waals surface area contributed by atoms with E-state index in [1.165, 1.54) is 79.6 Å². The van der Waals surface area contributed by atoms with Gasteiger partial charge in [0.15, 0.2) is 0 Å². The fourth-order valence-electron chi connectivity index (χ4n) is 4.16. The molecule has 0 radical (unpaired) electrons. The van der Waals surface area contributed by atoms with Gasteiger partial charge in [0.25, 0.3) is 5.91 Å². The zero-order valence-electron chi connectivity index (χ0n) is 25.1. The highest BCUT2D eigenvalue weighted by Crippen LogP contribution is 2.21. The molecular weight excluding hydrogens is 620 g/mol. The summed E-state index contributed by atoms with van der Waals surface area (Å²) in [6.07, 6.45) is 9.00. The molecule has 0 saturated heterocycles. The number of nitrogens with two attached hydrogens (primary N) is 1. The molecule has 3 heterocycles. The lowest BCUT2D eigenvalue weighted by atomic mass is 10.2. The number of hydrogen-bond donors (Lipinski definition) is 2. The van der Waals surface area contributed by atoms with Gasteiger partial charge in [0.05, 0.1) is 17.1 Å². The van der Waals surface area contributed by atoms with Crippen LogP contribution in [0.4, 0.5) is 31.4 Å². The number of halogens is 1. The molecule has 5 amide bonds. The SMILES string of the molecule is CC(C(N)=O)N(C)C(=O)n1ccc(N(C)C(=O)n2ccc(N(C)C(=O)n3ccc(NC(=O)c4ccc(SCCCl)cc4)c3)c2)c1. The fourth-order valence-corrected chi connectivity index (χ4v) is 5.04. The average molecular weight is 653 g/mol. The van der Waals surface area contributed by atoms with Gasteiger partial charge in [-0.1, -0.05) is 0 Å². The summed E-state index contributed by atoms with van der Waals surface area (Å²) < 4.78 is 3.88. The Morgan fingerprint density at radius 2 is 1.31 bits per heavy atom. The molecule has 0 saturated carbocycles. The van der Waals surface area contributed by atoms with Crippen LogP contribution in [0.3, 0.4) is 0 Å². The Balaban J connectivity index is 1.37. The number of primary amides is 1. The van der Waals surface area contributed by atoms with Crippen molar-refractivity contribution in [2.75, 3.05) is 47.9 Å². The topological polar surface area (TPSA) is 148 Å². The zero-order valence-corrected chi connectivity index (χ0v) is 26.7. The minimum Gasteiger partial charge on any atom is -0.368 e. The van der Waals surface area contributed by atoms with Gasteiger partial charge in [-0.05, 0) is 49.4 Å². The third-order valence-electron chi connectivity index (χ3n) is 7.07. The lowest BCUT2D eigenvalue weighted by Crippen LogP contribution is -2.45. The largest absolute Gasteiger partial charge is 0.368 e. The number of carbonyl (C=O) groups excluding carboxylic acids is 5. The number of carbonyl (C=O) groups is 5. The Morgan fingerprint density at radius 1 is 0.800 bits per heavy atom. The van der Waals surface area contributed by atoms with Crippen molar-refractivity contribution in [3.63, 3.8) is 0 Å². The number of nitrogens with one attached hydrogen (secondary N) is 1. The average Bonchev–Trinajstić information content (AvgIpc) is 3.83. The maximum atomic E-state index is 13.2. The second-order valence-corrected chi connectivity index (χ2v) is 11.6.